The molecule has 1 heterocycles. The molecule has 5 nitrogen and oxygen atoms in total. The van der Waals surface area contributed by atoms with Crippen LogP contribution in [0.4, 0.5) is 0 Å². The Morgan fingerprint density at radius 3 is 2.58 bits per heavy atom. The van der Waals surface area contributed by atoms with E-state index in [4.69, 9.17) is 4.42 Å². The standard InChI is InChI=1S/C20H21N3O2S/c1-14-7-9-16(10-8-14)12-23(3)18(24)13-26-20-22-21-19(25-20)17-6-4-5-15(2)11-17/h4-11H,12-13H2,1-3H3. The molecule has 26 heavy (non-hydrogen) atoms. The number of aromatic nitrogens is 2. The number of aryl methyl sites for hydroxylation is 2. The van der Waals surface area contributed by atoms with E-state index in [1.54, 1.807) is 11.9 Å². The number of hydrogen-bond donors (Lipinski definition) is 0. The van der Waals surface area contributed by atoms with Crippen LogP contribution in [-0.2, 0) is 11.3 Å². The minimum absolute atomic E-state index is 0.0193. The summed E-state index contributed by atoms with van der Waals surface area (Å²) in [5, 5.41) is 8.49. The summed E-state index contributed by atoms with van der Waals surface area (Å²) in [4.78, 5) is 14.0. The van der Waals surface area contributed by atoms with Gasteiger partial charge in [-0.2, -0.15) is 0 Å². The zero-order valence-corrected chi connectivity index (χ0v) is 15.9. The molecule has 134 valence electrons. The van der Waals surface area contributed by atoms with E-state index in [0.717, 1.165) is 16.7 Å². The summed E-state index contributed by atoms with van der Waals surface area (Å²) in [6.07, 6.45) is 0. The number of carbonyl (C=O) groups excluding carboxylic acids is 1. The van der Waals surface area contributed by atoms with Crippen LogP contribution in [0.5, 0.6) is 0 Å². The number of carbonyl (C=O) groups is 1. The molecule has 0 fully saturated rings. The fourth-order valence-corrected chi connectivity index (χ4v) is 3.16. The average molecular weight is 367 g/mol. The van der Waals surface area contributed by atoms with Crippen molar-refractivity contribution in [2.24, 2.45) is 0 Å². The monoisotopic (exact) mass is 367 g/mol. The highest BCUT2D eigenvalue weighted by Gasteiger charge is 2.14. The van der Waals surface area contributed by atoms with Crippen molar-refractivity contribution in [1.82, 2.24) is 15.1 Å². The van der Waals surface area contributed by atoms with Crippen LogP contribution < -0.4 is 0 Å². The number of amides is 1. The van der Waals surface area contributed by atoms with Crippen LogP contribution in [0, 0.1) is 13.8 Å². The molecule has 2 aromatic carbocycles. The number of benzene rings is 2. The van der Waals surface area contributed by atoms with E-state index in [1.165, 1.54) is 17.3 Å². The van der Waals surface area contributed by atoms with Crippen molar-refractivity contribution in [3.63, 3.8) is 0 Å². The van der Waals surface area contributed by atoms with Gasteiger partial charge in [-0.1, -0.05) is 59.3 Å². The third-order valence-corrected chi connectivity index (χ3v) is 4.76. The third-order valence-electron chi connectivity index (χ3n) is 3.96. The lowest BCUT2D eigenvalue weighted by atomic mass is 10.1. The van der Waals surface area contributed by atoms with Gasteiger partial charge in [0.2, 0.25) is 11.8 Å². The lowest BCUT2D eigenvalue weighted by molar-refractivity contribution is -0.127. The molecule has 0 aliphatic heterocycles. The smallest absolute Gasteiger partial charge is 0.277 e. The van der Waals surface area contributed by atoms with Crippen molar-refractivity contribution < 1.29 is 9.21 Å². The Morgan fingerprint density at radius 1 is 1.08 bits per heavy atom. The maximum Gasteiger partial charge on any atom is 0.277 e. The van der Waals surface area contributed by atoms with Crippen LogP contribution >= 0.6 is 11.8 Å². The van der Waals surface area contributed by atoms with Gasteiger partial charge in [0.05, 0.1) is 5.75 Å². The minimum Gasteiger partial charge on any atom is -0.411 e. The first-order valence-electron chi connectivity index (χ1n) is 8.34. The summed E-state index contributed by atoms with van der Waals surface area (Å²) in [7, 11) is 1.80. The number of rotatable bonds is 6. The molecule has 0 aliphatic carbocycles. The zero-order valence-electron chi connectivity index (χ0n) is 15.1. The summed E-state index contributed by atoms with van der Waals surface area (Å²) < 4.78 is 5.66. The second kappa shape index (κ2) is 8.19. The van der Waals surface area contributed by atoms with E-state index in [1.807, 2.05) is 62.4 Å². The summed E-state index contributed by atoms with van der Waals surface area (Å²) in [5.74, 6) is 0.750. The Labute approximate surface area is 157 Å². The van der Waals surface area contributed by atoms with Crippen molar-refractivity contribution in [3.05, 3.63) is 65.2 Å². The third kappa shape index (κ3) is 4.73. The Hall–Kier alpha value is -2.60. The first kappa shape index (κ1) is 18.2. The lowest BCUT2D eigenvalue weighted by Crippen LogP contribution is -2.27. The maximum atomic E-state index is 12.3. The van der Waals surface area contributed by atoms with Crippen LogP contribution in [0.2, 0.25) is 0 Å². The van der Waals surface area contributed by atoms with E-state index in [9.17, 15) is 4.79 Å². The van der Waals surface area contributed by atoms with Crippen LogP contribution in [0.1, 0.15) is 16.7 Å². The molecule has 0 saturated heterocycles. The molecule has 0 atom stereocenters. The Balaban J connectivity index is 1.55. The van der Waals surface area contributed by atoms with Crippen LogP contribution in [-0.4, -0.2) is 33.8 Å². The van der Waals surface area contributed by atoms with Crippen molar-refractivity contribution >= 4 is 17.7 Å². The number of nitrogens with zero attached hydrogens (tertiary/aromatic N) is 3. The fraction of sp³-hybridized carbons (Fsp3) is 0.250. The van der Waals surface area contributed by atoms with Gasteiger partial charge < -0.3 is 9.32 Å². The molecule has 1 amide bonds. The van der Waals surface area contributed by atoms with Crippen LogP contribution in [0.25, 0.3) is 11.5 Å². The SMILES string of the molecule is Cc1ccc(CN(C)C(=O)CSc2nnc(-c3cccc(C)c3)o2)cc1. The van der Waals surface area contributed by atoms with Gasteiger partial charge in [0.15, 0.2) is 0 Å². The molecule has 0 spiro atoms. The molecular formula is C20H21N3O2S. The molecule has 0 saturated carbocycles. The molecule has 0 aliphatic rings. The van der Waals surface area contributed by atoms with E-state index in [0.29, 0.717) is 17.7 Å². The highest BCUT2D eigenvalue weighted by molar-refractivity contribution is 7.99. The van der Waals surface area contributed by atoms with Gasteiger partial charge >= 0.3 is 0 Å². The number of hydrogen-bond acceptors (Lipinski definition) is 5. The first-order chi connectivity index (χ1) is 12.5. The summed E-state index contributed by atoms with van der Waals surface area (Å²) in [5.41, 5.74) is 4.32. The van der Waals surface area contributed by atoms with Gasteiger partial charge in [-0.25, -0.2) is 0 Å². The second-order valence-electron chi connectivity index (χ2n) is 6.27. The summed E-state index contributed by atoms with van der Waals surface area (Å²) >= 11 is 1.26. The molecule has 0 unspecified atom stereocenters. The predicted molar refractivity (Wildman–Crippen MR) is 103 cm³/mol. The molecule has 6 heteroatoms. The normalized spacial score (nSPS) is 10.7. The largest absolute Gasteiger partial charge is 0.411 e. The van der Waals surface area contributed by atoms with Crippen molar-refractivity contribution in [2.45, 2.75) is 25.6 Å². The molecule has 0 radical (unpaired) electrons. The molecule has 3 rings (SSSR count). The average Bonchev–Trinajstić information content (AvgIpc) is 3.10. The second-order valence-corrected chi connectivity index (χ2v) is 7.19. The molecule has 0 N–H and O–H groups in total. The predicted octanol–water partition coefficient (Wildman–Crippen LogP) is 4.10. The van der Waals surface area contributed by atoms with E-state index in [2.05, 4.69) is 10.2 Å². The van der Waals surface area contributed by atoms with Gasteiger partial charge in [-0.15, -0.1) is 10.2 Å². The Morgan fingerprint density at radius 2 is 1.85 bits per heavy atom. The summed E-state index contributed by atoms with van der Waals surface area (Å²) in [6.45, 7) is 4.64. The van der Waals surface area contributed by atoms with Gasteiger partial charge in [-0.3, -0.25) is 4.79 Å². The van der Waals surface area contributed by atoms with Crippen LogP contribution in [0.3, 0.4) is 0 Å². The molecule has 3 aromatic rings. The Kier molecular flexibility index (Phi) is 5.73. The van der Waals surface area contributed by atoms with E-state index in [-0.39, 0.29) is 11.7 Å². The summed E-state index contributed by atoms with van der Waals surface area (Å²) in [6, 6.07) is 16.1. The van der Waals surface area contributed by atoms with Crippen LogP contribution in [0.15, 0.2) is 58.2 Å². The zero-order chi connectivity index (χ0) is 18.5. The van der Waals surface area contributed by atoms with Gasteiger partial charge in [0.1, 0.15) is 0 Å². The maximum absolute atomic E-state index is 12.3. The highest BCUT2D eigenvalue weighted by atomic mass is 32.2. The molecule has 1 aromatic heterocycles. The minimum atomic E-state index is 0.0193. The highest BCUT2D eigenvalue weighted by Crippen LogP contribution is 2.24. The Bertz CT molecular complexity index is 890. The lowest BCUT2D eigenvalue weighted by Gasteiger charge is -2.16. The topological polar surface area (TPSA) is 59.2 Å². The van der Waals surface area contributed by atoms with E-state index < -0.39 is 0 Å². The first-order valence-corrected chi connectivity index (χ1v) is 9.32. The molecule has 0 bridgehead atoms. The van der Waals surface area contributed by atoms with Gasteiger partial charge in [0, 0.05) is 19.2 Å². The van der Waals surface area contributed by atoms with E-state index >= 15 is 0 Å². The van der Waals surface area contributed by atoms with Crippen molar-refractivity contribution in [2.75, 3.05) is 12.8 Å². The van der Waals surface area contributed by atoms with Crippen molar-refractivity contribution in [1.29, 1.82) is 0 Å². The number of thioether (sulfide) groups is 1. The van der Waals surface area contributed by atoms with Gasteiger partial charge in [0.25, 0.3) is 5.22 Å². The fourth-order valence-electron chi connectivity index (χ4n) is 2.45. The van der Waals surface area contributed by atoms with Crippen molar-refractivity contribution in [3.8, 4) is 11.5 Å². The van der Waals surface area contributed by atoms with Gasteiger partial charge in [-0.05, 0) is 31.5 Å². The quantitative estimate of drug-likeness (QED) is 0.614. The molecular weight excluding hydrogens is 346 g/mol.